The third-order valence-corrected chi connectivity index (χ3v) is 6.39. The van der Waals surface area contributed by atoms with Gasteiger partial charge in [0.2, 0.25) is 0 Å². The molecule has 0 radical (unpaired) electrons. The second kappa shape index (κ2) is 5.91. The van der Waals surface area contributed by atoms with Crippen molar-refractivity contribution < 1.29 is 14.0 Å². The molecule has 0 saturated carbocycles. The molecule has 132 valence electrons. The van der Waals surface area contributed by atoms with Crippen LogP contribution in [-0.2, 0) is 14.0 Å². The number of fused-ring (bicyclic) bond motifs is 1. The molecule has 0 N–H and O–H groups in total. The van der Waals surface area contributed by atoms with Gasteiger partial charge in [-0.1, -0.05) is 12.1 Å². The lowest BCUT2D eigenvalue weighted by Crippen LogP contribution is -2.41. The molecule has 0 aliphatic carbocycles. The Morgan fingerprint density at radius 1 is 1.16 bits per heavy atom. The summed E-state index contributed by atoms with van der Waals surface area (Å²) in [5.74, 6) is 0. The van der Waals surface area contributed by atoms with Crippen LogP contribution in [0.4, 0.5) is 0 Å². The lowest BCUT2D eigenvalue weighted by Gasteiger charge is -2.32. The Morgan fingerprint density at radius 3 is 2.60 bits per heavy atom. The summed E-state index contributed by atoms with van der Waals surface area (Å²) in [5, 5.41) is 1.09. The monoisotopic (exact) mass is 357 g/mol. The minimum Gasteiger partial charge on any atom is -0.400 e. The maximum atomic E-state index is 6.21. The van der Waals surface area contributed by atoms with Gasteiger partial charge in [-0.05, 0) is 64.2 Å². The molecule has 3 heterocycles. The number of thiazole rings is 1. The molecule has 1 saturated heterocycles. The molecule has 6 heteroatoms. The SMILES string of the molecule is Cc1nc2ccc(C3C=C(B4OC(C)(C)C(C)(C)O4)CCO3)cc2s1. The smallest absolute Gasteiger partial charge is 0.400 e. The van der Waals surface area contributed by atoms with Crippen LogP contribution in [0.5, 0.6) is 0 Å². The average molecular weight is 357 g/mol. The first-order valence-electron chi connectivity index (χ1n) is 8.80. The van der Waals surface area contributed by atoms with E-state index < -0.39 is 0 Å². The van der Waals surface area contributed by atoms with E-state index in [2.05, 4.69) is 57.0 Å². The number of hydrogen-bond acceptors (Lipinski definition) is 5. The molecule has 0 amide bonds. The molecule has 2 aromatic rings. The zero-order valence-corrected chi connectivity index (χ0v) is 16.3. The fourth-order valence-electron chi connectivity index (χ4n) is 3.25. The molecule has 25 heavy (non-hydrogen) atoms. The van der Waals surface area contributed by atoms with Crippen LogP contribution in [0.1, 0.15) is 50.8 Å². The first-order chi connectivity index (χ1) is 11.7. The Balaban J connectivity index is 1.62. The van der Waals surface area contributed by atoms with Crippen LogP contribution < -0.4 is 0 Å². The van der Waals surface area contributed by atoms with Gasteiger partial charge in [0.15, 0.2) is 0 Å². The zero-order chi connectivity index (χ0) is 17.8. The zero-order valence-electron chi connectivity index (χ0n) is 15.5. The van der Waals surface area contributed by atoms with Crippen molar-refractivity contribution >= 4 is 28.7 Å². The summed E-state index contributed by atoms with van der Waals surface area (Å²) in [7, 11) is -0.286. The Bertz CT molecular complexity index is 826. The third kappa shape index (κ3) is 3.06. The van der Waals surface area contributed by atoms with E-state index in [-0.39, 0.29) is 24.4 Å². The minimum atomic E-state index is -0.314. The fraction of sp³-hybridized carbons (Fsp3) is 0.526. The number of rotatable bonds is 2. The van der Waals surface area contributed by atoms with Crippen molar-refractivity contribution in [2.45, 2.75) is 58.3 Å². The quantitative estimate of drug-likeness (QED) is 0.735. The van der Waals surface area contributed by atoms with Gasteiger partial charge in [0.25, 0.3) is 0 Å². The van der Waals surface area contributed by atoms with Crippen LogP contribution in [0.25, 0.3) is 10.2 Å². The Labute approximate surface area is 153 Å². The summed E-state index contributed by atoms with van der Waals surface area (Å²) in [6.45, 7) is 11.1. The van der Waals surface area contributed by atoms with Crippen LogP contribution in [-0.4, -0.2) is 29.9 Å². The van der Waals surface area contributed by atoms with E-state index in [0.29, 0.717) is 6.61 Å². The van der Waals surface area contributed by atoms with Gasteiger partial charge in [-0.25, -0.2) is 4.98 Å². The first-order valence-corrected chi connectivity index (χ1v) is 9.62. The van der Waals surface area contributed by atoms with E-state index in [9.17, 15) is 0 Å². The molecular weight excluding hydrogens is 333 g/mol. The van der Waals surface area contributed by atoms with Crippen LogP contribution in [0.15, 0.2) is 29.7 Å². The molecule has 1 aromatic heterocycles. The maximum Gasteiger partial charge on any atom is 0.490 e. The first kappa shape index (κ1) is 17.2. The summed E-state index contributed by atoms with van der Waals surface area (Å²) in [5.41, 5.74) is 2.76. The molecule has 1 fully saturated rings. The Morgan fingerprint density at radius 2 is 1.88 bits per heavy atom. The number of ether oxygens (including phenoxy) is 1. The number of aromatic nitrogens is 1. The fourth-order valence-corrected chi connectivity index (χ4v) is 4.12. The summed E-state index contributed by atoms with van der Waals surface area (Å²) in [6, 6.07) is 6.37. The molecule has 4 rings (SSSR count). The highest BCUT2D eigenvalue weighted by Crippen LogP contribution is 2.40. The van der Waals surface area contributed by atoms with Crippen LogP contribution >= 0.6 is 11.3 Å². The van der Waals surface area contributed by atoms with E-state index in [1.165, 1.54) is 10.2 Å². The third-order valence-electron chi connectivity index (χ3n) is 5.46. The maximum absolute atomic E-state index is 6.21. The van der Waals surface area contributed by atoms with E-state index in [4.69, 9.17) is 14.0 Å². The largest absolute Gasteiger partial charge is 0.490 e. The van der Waals surface area contributed by atoms with E-state index in [1.54, 1.807) is 11.3 Å². The Hall–Kier alpha value is -1.21. The van der Waals surface area contributed by atoms with Crippen molar-refractivity contribution in [2.75, 3.05) is 6.61 Å². The second-order valence-electron chi connectivity index (χ2n) is 7.83. The molecule has 2 aliphatic rings. The highest BCUT2D eigenvalue weighted by atomic mass is 32.1. The average Bonchev–Trinajstić information content (AvgIpc) is 3.02. The standard InChI is InChI=1S/C19H24BNO3S/c1-12-21-15-7-6-13(10-17(15)25-12)16-11-14(8-9-22-16)20-23-18(2,3)19(4,5)24-20/h6-7,10-11,16H,8-9H2,1-5H3. The van der Waals surface area contributed by atoms with Crippen LogP contribution in [0, 0.1) is 6.92 Å². The number of hydrogen-bond donors (Lipinski definition) is 0. The molecule has 0 spiro atoms. The summed E-state index contributed by atoms with van der Waals surface area (Å²) in [6.07, 6.45) is 2.95. The van der Waals surface area contributed by atoms with Crippen molar-refractivity contribution in [3.63, 3.8) is 0 Å². The molecule has 4 nitrogen and oxygen atoms in total. The topological polar surface area (TPSA) is 40.6 Å². The van der Waals surface area contributed by atoms with Gasteiger partial charge in [0.1, 0.15) is 6.10 Å². The minimum absolute atomic E-state index is 0.0606. The molecule has 0 bridgehead atoms. The highest BCUT2D eigenvalue weighted by Gasteiger charge is 2.52. The lowest BCUT2D eigenvalue weighted by molar-refractivity contribution is 0.00578. The van der Waals surface area contributed by atoms with Crippen molar-refractivity contribution in [2.24, 2.45) is 0 Å². The molecule has 1 atom stereocenters. The summed E-state index contributed by atoms with van der Waals surface area (Å²) in [4.78, 5) is 4.53. The van der Waals surface area contributed by atoms with E-state index >= 15 is 0 Å². The van der Waals surface area contributed by atoms with Gasteiger partial charge in [0.05, 0.1) is 33.0 Å². The van der Waals surface area contributed by atoms with Gasteiger partial charge in [0, 0.05) is 0 Å². The normalized spacial score (nSPS) is 25.4. The van der Waals surface area contributed by atoms with Gasteiger partial charge in [-0.15, -0.1) is 11.3 Å². The predicted molar refractivity (Wildman–Crippen MR) is 102 cm³/mol. The second-order valence-corrected chi connectivity index (χ2v) is 9.07. The number of benzene rings is 1. The Kier molecular flexibility index (Phi) is 4.07. The van der Waals surface area contributed by atoms with Crippen LogP contribution in [0.2, 0.25) is 0 Å². The van der Waals surface area contributed by atoms with Gasteiger partial charge >= 0.3 is 7.12 Å². The molecular formula is C19H24BNO3S. The molecule has 1 unspecified atom stereocenters. The lowest BCUT2D eigenvalue weighted by atomic mass is 9.74. The van der Waals surface area contributed by atoms with Crippen molar-refractivity contribution in [1.82, 2.24) is 4.98 Å². The van der Waals surface area contributed by atoms with E-state index in [0.717, 1.165) is 22.5 Å². The summed E-state index contributed by atoms with van der Waals surface area (Å²) < 4.78 is 19.6. The number of nitrogens with zero attached hydrogens (tertiary/aromatic N) is 1. The van der Waals surface area contributed by atoms with Crippen molar-refractivity contribution in [3.8, 4) is 0 Å². The van der Waals surface area contributed by atoms with Gasteiger partial charge in [-0.3, -0.25) is 0 Å². The van der Waals surface area contributed by atoms with Crippen LogP contribution in [0.3, 0.4) is 0 Å². The van der Waals surface area contributed by atoms with Crippen molar-refractivity contribution in [1.29, 1.82) is 0 Å². The molecule has 1 aromatic carbocycles. The molecule has 2 aliphatic heterocycles. The van der Waals surface area contributed by atoms with Gasteiger partial charge < -0.3 is 14.0 Å². The number of aryl methyl sites for hydroxylation is 1. The summed E-state index contributed by atoms with van der Waals surface area (Å²) >= 11 is 1.72. The predicted octanol–water partition coefficient (Wildman–Crippen LogP) is 4.62. The van der Waals surface area contributed by atoms with Crippen molar-refractivity contribution in [3.05, 3.63) is 40.3 Å². The highest BCUT2D eigenvalue weighted by molar-refractivity contribution is 7.18. The van der Waals surface area contributed by atoms with E-state index in [1.807, 2.05) is 6.92 Å². The van der Waals surface area contributed by atoms with Gasteiger partial charge in [-0.2, -0.15) is 0 Å².